The van der Waals surface area contributed by atoms with Crippen LogP contribution in [0.2, 0.25) is 0 Å². The average molecular weight is 370 g/mol. The fourth-order valence-electron chi connectivity index (χ4n) is 1.14. The molecule has 6 N–H and O–H groups in total. The first-order valence-electron chi connectivity index (χ1n) is 7.31. The van der Waals surface area contributed by atoms with E-state index in [0.717, 1.165) is 0 Å². The number of ether oxygens (including phenoxy) is 1. The van der Waals surface area contributed by atoms with Crippen LogP contribution in [-0.2, 0) is 23.9 Å². The van der Waals surface area contributed by atoms with Crippen LogP contribution in [0.5, 0.6) is 0 Å². The van der Waals surface area contributed by atoms with Gasteiger partial charge in [-0.05, 0) is 12.8 Å². The number of aliphatic carboxylic acids is 4. The Bertz CT molecular complexity index is 330. The summed E-state index contributed by atoms with van der Waals surface area (Å²) in [5.41, 5.74) is 0. The molecule has 0 atom stereocenters. The van der Waals surface area contributed by atoms with Gasteiger partial charge in [-0.1, -0.05) is 13.8 Å². The molecule has 0 aliphatic heterocycles. The summed E-state index contributed by atoms with van der Waals surface area (Å²) in [6.45, 7) is 3.74. The molecule has 0 aromatic heterocycles. The van der Waals surface area contributed by atoms with E-state index < -0.39 is 35.7 Å². The lowest BCUT2D eigenvalue weighted by Crippen LogP contribution is -2.22. The Morgan fingerprint density at radius 1 is 0.680 bits per heavy atom. The van der Waals surface area contributed by atoms with E-state index in [-0.39, 0.29) is 26.1 Å². The van der Waals surface area contributed by atoms with Crippen LogP contribution in [0.25, 0.3) is 0 Å². The van der Waals surface area contributed by atoms with Crippen molar-refractivity contribution in [2.75, 3.05) is 26.4 Å². The monoisotopic (exact) mass is 370 g/mol. The molecule has 0 bridgehead atoms. The number of aliphatic hydroxyl groups excluding tert-OH is 2. The van der Waals surface area contributed by atoms with Gasteiger partial charge >= 0.3 is 23.9 Å². The number of aliphatic hydroxyl groups is 2. The van der Waals surface area contributed by atoms with E-state index >= 15 is 0 Å². The van der Waals surface area contributed by atoms with Gasteiger partial charge in [-0.3, -0.25) is 19.2 Å². The number of hydrogen-bond acceptors (Lipinski definition) is 7. The first-order chi connectivity index (χ1) is 11.6. The fraction of sp³-hybridized carbons (Fsp3) is 0.714. The van der Waals surface area contributed by atoms with Gasteiger partial charge in [-0.25, -0.2) is 0 Å². The molecule has 0 heterocycles. The molecule has 25 heavy (non-hydrogen) atoms. The van der Waals surface area contributed by atoms with Crippen molar-refractivity contribution >= 4 is 23.9 Å². The summed E-state index contributed by atoms with van der Waals surface area (Å²) in [5.74, 6) is -7.58. The summed E-state index contributed by atoms with van der Waals surface area (Å²) < 4.78 is 4.63. The topological polar surface area (TPSA) is 199 Å². The predicted molar refractivity (Wildman–Crippen MR) is 83.1 cm³/mol. The van der Waals surface area contributed by atoms with Crippen molar-refractivity contribution in [3.05, 3.63) is 0 Å². The minimum absolute atomic E-state index is 0.0278. The quantitative estimate of drug-likeness (QED) is 0.211. The third-order valence-corrected chi connectivity index (χ3v) is 2.48. The molecule has 11 heteroatoms. The van der Waals surface area contributed by atoms with Gasteiger partial charge in [-0.15, -0.1) is 0 Å². The summed E-state index contributed by atoms with van der Waals surface area (Å²) in [6, 6.07) is 0. The Labute approximate surface area is 144 Å². The summed E-state index contributed by atoms with van der Waals surface area (Å²) in [6.07, 6.45) is 0.259. The maximum atomic E-state index is 9.99. The van der Waals surface area contributed by atoms with Crippen molar-refractivity contribution in [3.63, 3.8) is 0 Å². The van der Waals surface area contributed by atoms with E-state index in [1.165, 1.54) is 13.8 Å². The number of rotatable bonds is 10. The van der Waals surface area contributed by atoms with Crippen molar-refractivity contribution in [2.45, 2.75) is 26.7 Å². The van der Waals surface area contributed by atoms with Crippen LogP contribution in [-0.4, -0.2) is 80.9 Å². The maximum absolute atomic E-state index is 9.99. The molecule has 0 saturated carbocycles. The van der Waals surface area contributed by atoms with Crippen LogP contribution < -0.4 is 0 Å². The summed E-state index contributed by atoms with van der Waals surface area (Å²) in [7, 11) is 0. The molecular weight excluding hydrogens is 344 g/mol. The zero-order valence-electron chi connectivity index (χ0n) is 14.1. The first-order valence-corrected chi connectivity index (χ1v) is 7.31. The SMILES string of the molecule is CCC(C(=O)O)C(=O)O.CCC(C(=O)O)C(=O)O.OCCOCCO. The van der Waals surface area contributed by atoms with E-state index in [4.69, 9.17) is 30.6 Å². The molecular formula is C14H26O11. The second-order valence-electron chi connectivity index (χ2n) is 4.33. The van der Waals surface area contributed by atoms with E-state index in [1.54, 1.807) is 0 Å². The Morgan fingerprint density at radius 3 is 1.00 bits per heavy atom. The molecule has 0 aromatic rings. The third-order valence-electron chi connectivity index (χ3n) is 2.48. The van der Waals surface area contributed by atoms with Gasteiger partial charge in [0.25, 0.3) is 0 Å². The Kier molecular flexibility index (Phi) is 20.0. The summed E-state index contributed by atoms with van der Waals surface area (Å²) >= 11 is 0. The molecule has 0 radical (unpaired) electrons. The van der Waals surface area contributed by atoms with E-state index in [2.05, 4.69) is 4.74 Å². The molecule has 0 unspecified atom stereocenters. The van der Waals surface area contributed by atoms with Crippen molar-refractivity contribution in [1.82, 2.24) is 0 Å². The number of carbonyl (C=O) groups is 4. The molecule has 0 aliphatic rings. The lowest BCUT2D eigenvalue weighted by Gasteiger charge is -2.00. The first kappa shape index (κ1) is 27.6. The van der Waals surface area contributed by atoms with Gasteiger partial charge < -0.3 is 35.4 Å². The molecule has 0 saturated heterocycles. The van der Waals surface area contributed by atoms with Gasteiger partial charge in [0.15, 0.2) is 11.8 Å². The van der Waals surface area contributed by atoms with Gasteiger partial charge in [0, 0.05) is 0 Å². The van der Waals surface area contributed by atoms with E-state index in [9.17, 15) is 19.2 Å². The minimum Gasteiger partial charge on any atom is -0.481 e. The van der Waals surface area contributed by atoms with Crippen molar-refractivity contribution in [1.29, 1.82) is 0 Å². The predicted octanol–water partition coefficient (Wildman–Crippen LogP) is -0.649. The lowest BCUT2D eigenvalue weighted by atomic mass is 10.1. The second-order valence-corrected chi connectivity index (χ2v) is 4.33. The lowest BCUT2D eigenvalue weighted by molar-refractivity contribution is -0.156. The fourth-order valence-corrected chi connectivity index (χ4v) is 1.14. The molecule has 0 fully saturated rings. The molecule has 0 amide bonds. The van der Waals surface area contributed by atoms with Crippen LogP contribution in [0, 0.1) is 11.8 Å². The average Bonchev–Trinajstić information content (AvgIpc) is 2.48. The van der Waals surface area contributed by atoms with Crippen LogP contribution >= 0.6 is 0 Å². The van der Waals surface area contributed by atoms with Crippen molar-refractivity contribution in [3.8, 4) is 0 Å². The second kappa shape index (κ2) is 18.1. The van der Waals surface area contributed by atoms with E-state index in [1.807, 2.05) is 0 Å². The highest BCUT2D eigenvalue weighted by Crippen LogP contribution is 2.01. The third kappa shape index (κ3) is 17.9. The van der Waals surface area contributed by atoms with Crippen molar-refractivity contribution in [2.24, 2.45) is 11.8 Å². The zero-order valence-corrected chi connectivity index (χ0v) is 14.1. The smallest absolute Gasteiger partial charge is 0.317 e. The Balaban J connectivity index is -0.000000293. The Morgan fingerprint density at radius 2 is 0.920 bits per heavy atom. The molecule has 148 valence electrons. The van der Waals surface area contributed by atoms with Gasteiger partial charge in [0.2, 0.25) is 0 Å². The van der Waals surface area contributed by atoms with Crippen LogP contribution in [0.3, 0.4) is 0 Å². The van der Waals surface area contributed by atoms with Crippen LogP contribution in [0.1, 0.15) is 26.7 Å². The normalized spacial score (nSPS) is 9.52. The van der Waals surface area contributed by atoms with Crippen molar-refractivity contribution < 1.29 is 54.6 Å². The highest BCUT2D eigenvalue weighted by atomic mass is 16.5. The van der Waals surface area contributed by atoms with Gasteiger partial charge in [0.05, 0.1) is 26.4 Å². The maximum Gasteiger partial charge on any atom is 0.317 e. The largest absolute Gasteiger partial charge is 0.481 e. The Hall–Kier alpha value is -2.24. The molecule has 0 aliphatic carbocycles. The molecule has 0 spiro atoms. The minimum atomic E-state index is -1.27. The summed E-state index contributed by atoms with van der Waals surface area (Å²) in [5, 5.41) is 48.8. The van der Waals surface area contributed by atoms with Gasteiger partial charge in [-0.2, -0.15) is 0 Å². The van der Waals surface area contributed by atoms with E-state index in [0.29, 0.717) is 13.2 Å². The number of carboxylic acids is 4. The summed E-state index contributed by atoms with van der Waals surface area (Å²) in [4.78, 5) is 40.0. The number of hydrogen-bond donors (Lipinski definition) is 6. The molecule has 0 rings (SSSR count). The standard InChI is InChI=1S/2C5H8O4.C4H10O3/c2*1-2-3(4(6)7)5(8)9;5-1-3-7-4-2-6/h2*3H,2H2,1H3,(H,6,7)(H,8,9);5-6H,1-4H2. The highest BCUT2D eigenvalue weighted by Gasteiger charge is 2.23. The highest BCUT2D eigenvalue weighted by molar-refractivity contribution is 5.93. The van der Waals surface area contributed by atoms with Crippen LogP contribution in [0.15, 0.2) is 0 Å². The van der Waals surface area contributed by atoms with Crippen LogP contribution in [0.4, 0.5) is 0 Å². The zero-order chi connectivity index (χ0) is 20.4. The molecule has 0 aromatic carbocycles. The van der Waals surface area contributed by atoms with Gasteiger partial charge in [0.1, 0.15) is 0 Å². The molecule has 11 nitrogen and oxygen atoms in total. The number of carboxylic acid groups (broad SMARTS) is 4.